The van der Waals surface area contributed by atoms with Crippen LogP contribution in [-0.4, -0.2) is 33.6 Å². The highest BCUT2D eigenvalue weighted by atomic mass is 16.5. The minimum absolute atomic E-state index is 0.330. The van der Waals surface area contributed by atoms with E-state index in [9.17, 15) is 9.59 Å². The zero-order valence-corrected chi connectivity index (χ0v) is 12.3. The molecule has 0 bridgehead atoms. The van der Waals surface area contributed by atoms with Crippen LogP contribution in [-0.2, 0) is 11.8 Å². The van der Waals surface area contributed by atoms with Crippen LogP contribution in [0.2, 0.25) is 0 Å². The summed E-state index contributed by atoms with van der Waals surface area (Å²) in [6.07, 6.45) is 1.42. The molecule has 1 amide bonds. The van der Waals surface area contributed by atoms with Crippen LogP contribution < -0.4 is 10.1 Å². The highest BCUT2D eigenvalue weighted by Gasteiger charge is 2.23. The van der Waals surface area contributed by atoms with Crippen molar-refractivity contribution in [2.75, 3.05) is 12.4 Å². The third-order valence-electron chi connectivity index (χ3n) is 3.15. The van der Waals surface area contributed by atoms with E-state index in [2.05, 4.69) is 15.4 Å². The maximum absolute atomic E-state index is 12.2. The van der Waals surface area contributed by atoms with E-state index in [0.717, 1.165) is 0 Å². The summed E-state index contributed by atoms with van der Waals surface area (Å²) in [6.45, 7) is 3.44. The number of ketones is 1. The Bertz CT molecular complexity index is 689. The number of pyridine rings is 1. The number of rotatable bonds is 4. The second kappa shape index (κ2) is 5.74. The van der Waals surface area contributed by atoms with E-state index in [0.29, 0.717) is 28.5 Å². The predicted molar refractivity (Wildman–Crippen MR) is 76.4 cm³/mol. The normalized spacial score (nSPS) is 10.3. The highest BCUT2D eigenvalue weighted by Crippen LogP contribution is 2.15. The van der Waals surface area contributed by atoms with E-state index in [4.69, 9.17) is 4.74 Å². The molecule has 1 N–H and O–H groups in total. The molecular formula is C14H16N4O3. The van der Waals surface area contributed by atoms with E-state index in [1.54, 1.807) is 37.7 Å². The van der Waals surface area contributed by atoms with Gasteiger partial charge in [-0.2, -0.15) is 5.10 Å². The number of Topliss-reactive ketones (excluding diaryl/α,β-unsaturated/α-hetero) is 1. The molecule has 0 atom stereocenters. The quantitative estimate of drug-likeness (QED) is 0.676. The Labute approximate surface area is 121 Å². The van der Waals surface area contributed by atoms with Gasteiger partial charge in [-0.05, 0) is 19.9 Å². The van der Waals surface area contributed by atoms with Crippen molar-refractivity contribution >= 4 is 17.4 Å². The van der Waals surface area contributed by atoms with Crippen LogP contribution in [0.1, 0.15) is 21.7 Å². The summed E-state index contributed by atoms with van der Waals surface area (Å²) in [5, 5.41) is 6.64. The zero-order chi connectivity index (χ0) is 15.6. The summed E-state index contributed by atoms with van der Waals surface area (Å²) < 4.78 is 6.50. The first-order valence-corrected chi connectivity index (χ1v) is 6.30. The molecule has 0 aromatic carbocycles. The van der Waals surface area contributed by atoms with Crippen molar-refractivity contribution in [3.63, 3.8) is 0 Å². The third kappa shape index (κ3) is 2.91. The lowest BCUT2D eigenvalue weighted by Gasteiger charge is -2.05. The maximum atomic E-state index is 12.2. The second-order valence-electron chi connectivity index (χ2n) is 4.54. The molecule has 0 aliphatic rings. The van der Waals surface area contributed by atoms with Crippen molar-refractivity contribution in [3.8, 4) is 5.88 Å². The van der Waals surface area contributed by atoms with E-state index in [1.807, 2.05) is 0 Å². The molecule has 0 aliphatic heterocycles. The Hall–Kier alpha value is -2.70. The number of aryl methyl sites for hydroxylation is 2. The largest absolute Gasteiger partial charge is 0.481 e. The van der Waals surface area contributed by atoms with Crippen molar-refractivity contribution < 1.29 is 14.3 Å². The summed E-state index contributed by atoms with van der Waals surface area (Å²) in [5.74, 6) is -0.909. The number of nitrogens with one attached hydrogen (secondary N) is 1. The van der Waals surface area contributed by atoms with Gasteiger partial charge in [-0.25, -0.2) is 4.98 Å². The van der Waals surface area contributed by atoms with Gasteiger partial charge in [0.05, 0.1) is 30.3 Å². The van der Waals surface area contributed by atoms with Gasteiger partial charge in [0.25, 0.3) is 11.7 Å². The number of anilines is 1. The molecule has 0 unspecified atom stereocenters. The van der Waals surface area contributed by atoms with E-state index >= 15 is 0 Å². The lowest BCUT2D eigenvalue weighted by molar-refractivity contribution is -0.112. The van der Waals surface area contributed by atoms with Crippen LogP contribution in [0.5, 0.6) is 5.88 Å². The maximum Gasteiger partial charge on any atom is 0.296 e. The molecule has 0 saturated heterocycles. The van der Waals surface area contributed by atoms with Gasteiger partial charge in [0.2, 0.25) is 5.88 Å². The number of aromatic nitrogens is 3. The van der Waals surface area contributed by atoms with Crippen LogP contribution in [0, 0.1) is 13.8 Å². The van der Waals surface area contributed by atoms with Gasteiger partial charge in [0.15, 0.2) is 0 Å². The fourth-order valence-electron chi connectivity index (χ4n) is 1.98. The molecule has 2 aromatic heterocycles. The fourth-order valence-corrected chi connectivity index (χ4v) is 1.98. The van der Waals surface area contributed by atoms with Crippen molar-refractivity contribution in [2.24, 2.45) is 7.05 Å². The molecule has 0 saturated carbocycles. The summed E-state index contributed by atoms with van der Waals surface area (Å²) in [4.78, 5) is 28.2. The first-order chi connectivity index (χ1) is 9.93. The molecule has 2 aromatic rings. The number of ether oxygens (including phenoxy) is 1. The first-order valence-electron chi connectivity index (χ1n) is 6.30. The summed E-state index contributed by atoms with van der Waals surface area (Å²) in [5.41, 5.74) is 1.94. The Morgan fingerprint density at radius 2 is 2.00 bits per heavy atom. The smallest absolute Gasteiger partial charge is 0.296 e. The van der Waals surface area contributed by atoms with Crippen LogP contribution in [0.25, 0.3) is 0 Å². The number of methoxy groups -OCH3 is 1. The Morgan fingerprint density at radius 3 is 2.48 bits per heavy atom. The fraction of sp³-hybridized carbons (Fsp3) is 0.286. The molecule has 0 aliphatic carbocycles. The molecule has 7 nitrogen and oxygen atoms in total. The first kappa shape index (κ1) is 14.7. The van der Waals surface area contributed by atoms with Gasteiger partial charge in [-0.15, -0.1) is 0 Å². The number of hydrogen-bond donors (Lipinski definition) is 1. The van der Waals surface area contributed by atoms with E-state index in [1.165, 1.54) is 13.3 Å². The van der Waals surface area contributed by atoms with Gasteiger partial charge < -0.3 is 10.1 Å². The van der Waals surface area contributed by atoms with Crippen LogP contribution >= 0.6 is 0 Å². The van der Waals surface area contributed by atoms with Gasteiger partial charge in [-0.1, -0.05) is 0 Å². The number of carbonyl (C=O) groups excluding carboxylic acids is 2. The molecule has 0 fully saturated rings. The summed E-state index contributed by atoms with van der Waals surface area (Å²) >= 11 is 0. The summed E-state index contributed by atoms with van der Waals surface area (Å²) in [6, 6.07) is 3.21. The van der Waals surface area contributed by atoms with E-state index in [-0.39, 0.29) is 0 Å². The van der Waals surface area contributed by atoms with Gasteiger partial charge in [-0.3, -0.25) is 14.3 Å². The van der Waals surface area contributed by atoms with Gasteiger partial charge in [0, 0.05) is 18.8 Å². The molecule has 0 radical (unpaired) electrons. The predicted octanol–water partition coefficient (Wildman–Crippen LogP) is 1.26. The third-order valence-corrected chi connectivity index (χ3v) is 3.15. The lowest BCUT2D eigenvalue weighted by atomic mass is 10.1. The Kier molecular flexibility index (Phi) is 4.02. The highest BCUT2D eigenvalue weighted by molar-refractivity contribution is 6.47. The summed E-state index contributed by atoms with van der Waals surface area (Å²) in [7, 11) is 3.22. The molecule has 2 heterocycles. The average Bonchev–Trinajstić information content (AvgIpc) is 2.72. The lowest BCUT2D eigenvalue weighted by Crippen LogP contribution is -2.24. The molecular weight excluding hydrogens is 272 g/mol. The minimum Gasteiger partial charge on any atom is -0.481 e. The monoisotopic (exact) mass is 288 g/mol. The second-order valence-corrected chi connectivity index (χ2v) is 4.54. The van der Waals surface area contributed by atoms with Crippen molar-refractivity contribution in [2.45, 2.75) is 13.8 Å². The molecule has 0 spiro atoms. The van der Waals surface area contributed by atoms with Crippen LogP contribution in [0.15, 0.2) is 18.3 Å². The van der Waals surface area contributed by atoms with Crippen molar-refractivity contribution in [1.82, 2.24) is 14.8 Å². The molecule has 110 valence electrons. The van der Waals surface area contributed by atoms with E-state index < -0.39 is 11.7 Å². The standard InChI is InChI=1S/C14H16N4O3/c1-8-12(9(2)18(3)17-8)13(19)14(20)16-10-5-6-11(21-4)15-7-10/h5-7H,1-4H3,(H,16,20). The topological polar surface area (TPSA) is 86.1 Å². The van der Waals surface area contributed by atoms with Crippen molar-refractivity contribution in [3.05, 3.63) is 35.3 Å². The molecule has 21 heavy (non-hydrogen) atoms. The minimum atomic E-state index is -0.721. The van der Waals surface area contributed by atoms with Crippen molar-refractivity contribution in [1.29, 1.82) is 0 Å². The van der Waals surface area contributed by atoms with Gasteiger partial charge >= 0.3 is 0 Å². The zero-order valence-electron chi connectivity index (χ0n) is 12.3. The number of carbonyl (C=O) groups is 2. The SMILES string of the molecule is COc1ccc(NC(=O)C(=O)c2c(C)nn(C)c2C)cn1. The molecule has 2 rings (SSSR count). The average molecular weight is 288 g/mol. The Morgan fingerprint density at radius 1 is 1.29 bits per heavy atom. The number of nitrogens with zero attached hydrogens (tertiary/aromatic N) is 3. The number of amides is 1. The van der Waals surface area contributed by atoms with Crippen LogP contribution in [0.3, 0.4) is 0 Å². The molecule has 7 heteroatoms. The Balaban J connectivity index is 2.17. The van der Waals surface area contributed by atoms with Crippen LogP contribution in [0.4, 0.5) is 5.69 Å². The van der Waals surface area contributed by atoms with Gasteiger partial charge in [0.1, 0.15) is 0 Å². The number of hydrogen-bond acceptors (Lipinski definition) is 5.